The maximum absolute atomic E-state index is 12.4. The molecule has 22 heavy (non-hydrogen) atoms. The van der Waals surface area contributed by atoms with Crippen molar-refractivity contribution in [3.05, 3.63) is 53.2 Å². The molecule has 0 spiro atoms. The maximum Gasteiger partial charge on any atom is 0.256 e. The third kappa shape index (κ3) is 2.07. The number of carbonyl (C=O) groups excluding carboxylic acids is 1. The number of hydrogen-bond donors (Lipinski definition) is 1. The van der Waals surface area contributed by atoms with E-state index in [1.165, 1.54) is 17.7 Å². The lowest BCUT2D eigenvalue weighted by molar-refractivity contribution is 0.0952. The van der Waals surface area contributed by atoms with Gasteiger partial charge in [0.1, 0.15) is 11.2 Å². The Kier molecular flexibility index (Phi) is 2.96. The van der Waals surface area contributed by atoms with Crippen LogP contribution in [0.2, 0.25) is 0 Å². The number of hydrogen-bond acceptors (Lipinski definition) is 3. The number of carbonyl (C=O) groups is 1. The summed E-state index contributed by atoms with van der Waals surface area (Å²) in [5, 5.41) is 7.14. The molecule has 112 valence electrons. The number of aromatic nitrogens is 4. The first-order valence-corrected chi connectivity index (χ1v) is 7.46. The lowest BCUT2D eigenvalue weighted by atomic mass is 10.1. The molecule has 6 nitrogen and oxygen atoms in total. The van der Waals surface area contributed by atoms with Gasteiger partial charge in [-0.3, -0.25) is 9.78 Å². The summed E-state index contributed by atoms with van der Waals surface area (Å²) < 4.78 is 3.59. The Morgan fingerprint density at radius 2 is 2.23 bits per heavy atom. The highest BCUT2D eigenvalue weighted by Crippen LogP contribution is 2.20. The quantitative estimate of drug-likeness (QED) is 0.796. The molecular weight excluding hydrogens is 278 g/mol. The van der Waals surface area contributed by atoms with E-state index in [2.05, 4.69) is 21.5 Å². The van der Waals surface area contributed by atoms with Crippen LogP contribution < -0.4 is 5.32 Å². The first-order chi connectivity index (χ1) is 10.7. The fraction of sp³-hybridized carbons (Fsp3) is 0.312. The van der Waals surface area contributed by atoms with Crippen molar-refractivity contribution in [3.8, 4) is 0 Å². The van der Waals surface area contributed by atoms with Crippen LogP contribution in [0.5, 0.6) is 0 Å². The van der Waals surface area contributed by atoms with Crippen LogP contribution in [0.4, 0.5) is 0 Å². The van der Waals surface area contributed by atoms with E-state index in [1.54, 1.807) is 10.7 Å². The highest BCUT2D eigenvalue weighted by atomic mass is 16.1. The number of aryl methyl sites for hydroxylation is 3. The lowest BCUT2D eigenvalue weighted by Crippen LogP contribution is -2.23. The molecule has 6 heteroatoms. The molecule has 0 fully saturated rings. The van der Waals surface area contributed by atoms with E-state index < -0.39 is 0 Å². The smallest absolute Gasteiger partial charge is 0.256 e. The summed E-state index contributed by atoms with van der Waals surface area (Å²) >= 11 is 0. The third-order valence-electron chi connectivity index (χ3n) is 4.21. The minimum Gasteiger partial charge on any atom is -0.348 e. The standard InChI is InChI=1S/C16H17N5O/c1-20-5-6-21-16(20)13(10-19-21)15(22)18-9-11-7-12-3-2-4-14(12)17-8-11/h5-8,10H,2-4,9H2,1H3,(H,18,22). The Morgan fingerprint density at radius 3 is 3.14 bits per heavy atom. The van der Waals surface area contributed by atoms with Crippen molar-refractivity contribution in [2.45, 2.75) is 25.8 Å². The van der Waals surface area contributed by atoms with Gasteiger partial charge < -0.3 is 9.88 Å². The monoisotopic (exact) mass is 295 g/mol. The first kappa shape index (κ1) is 13.1. The summed E-state index contributed by atoms with van der Waals surface area (Å²) in [5.74, 6) is -0.114. The molecule has 1 amide bonds. The average Bonchev–Trinajstić information content (AvgIpc) is 3.22. The van der Waals surface area contributed by atoms with Crippen molar-refractivity contribution < 1.29 is 4.79 Å². The Hall–Kier alpha value is -2.63. The average molecular weight is 295 g/mol. The number of pyridine rings is 1. The zero-order valence-electron chi connectivity index (χ0n) is 12.4. The number of fused-ring (bicyclic) bond motifs is 2. The molecule has 0 aliphatic heterocycles. The summed E-state index contributed by atoms with van der Waals surface area (Å²) in [5.41, 5.74) is 4.95. The van der Waals surface area contributed by atoms with Crippen molar-refractivity contribution in [1.82, 2.24) is 24.5 Å². The van der Waals surface area contributed by atoms with Crippen LogP contribution in [0.15, 0.2) is 30.9 Å². The van der Waals surface area contributed by atoms with Gasteiger partial charge in [0.15, 0.2) is 0 Å². The van der Waals surface area contributed by atoms with Crippen molar-refractivity contribution in [3.63, 3.8) is 0 Å². The highest BCUT2D eigenvalue weighted by Gasteiger charge is 2.16. The molecule has 3 aromatic heterocycles. The summed E-state index contributed by atoms with van der Waals surface area (Å²) in [6.45, 7) is 0.487. The molecular formula is C16H17N5O. The Bertz CT molecular complexity index is 861. The molecule has 3 aromatic rings. The van der Waals surface area contributed by atoms with Crippen LogP contribution in [-0.2, 0) is 26.4 Å². The van der Waals surface area contributed by atoms with Gasteiger partial charge in [-0.2, -0.15) is 5.10 Å². The van der Waals surface area contributed by atoms with E-state index in [-0.39, 0.29) is 5.91 Å². The van der Waals surface area contributed by atoms with Crippen LogP contribution in [-0.4, -0.2) is 25.1 Å². The fourth-order valence-electron chi connectivity index (χ4n) is 3.06. The number of nitrogens with zero attached hydrogens (tertiary/aromatic N) is 4. The van der Waals surface area contributed by atoms with Crippen molar-refractivity contribution in [2.75, 3.05) is 0 Å². The van der Waals surface area contributed by atoms with Crippen LogP contribution in [0, 0.1) is 0 Å². The predicted octanol–water partition coefficient (Wildman–Crippen LogP) is 1.49. The minimum atomic E-state index is -0.114. The summed E-state index contributed by atoms with van der Waals surface area (Å²) in [7, 11) is 1.90. The van der Waals surface area contributed by atoms with Gasteiger partial charge in [-0.05, 0) is 30.4 Å². The molecule has 0 radical (unpaired) electrons. The van der Waals surface area contributed by atoms with Gasteiger partial charge in [-0.15, -0.1) is 0 Å². The molecule has 4 rings (SSSR count). The van der Waals surface area contributed by atoms with Crippen LogP contribution in [0.25, 0.3) is 5.65 Å². The third-order valence-corrected chi connectivity index (χ3v) is 4.21. The first-order valence-electron chi connectivity index (χ1n) is 7.46. The van der Waals surface area contributed by atoms with Gasteiger partial charge in [-0.25, -0.2) is 4.52 Å². The van der Waals surface area contributed by atoms with E-state index >= 15 is 0 Å². The van der Waals surface area contributed by atoms with Crippen LogP contribution >= 0.6 is 0 Å². The van der Waals surface area contributed by atoms with Gasteiger partial charge in [-0.1, -0.05) is 6.07 Å². The van der Waals surface area contributed by atoms with Gasteiger partial charge in [0.2, 0.25) is 0 Å². The van der Waals surface area contributed by atoms with Crippen molar-refractivity contribution >= 4 is 11.6 Å². The highest BCUT2D eigenvalue weighted by molar-refractivity contribution is 5.99. The number of amides is 1. The number of nitrogens with one attached hydrogen (secondary N) is 1. The molecule has 1 N–H and O–H groups in total. The van der Waals surface area contributed by atoms with E-state index in [0.29, 0.717) is 12.1 Å². The van der Waals surface area contributed by atoms with Crippen LogP contribution in [0.3, 0.4) is 0 Å². The Labute approximate surface area is 127 Å². The van der Waals surface area contributed by atoms with E-state index in [1.807, 2.05) is 30.2 Å². The van der Waals surface area contributed by atoms with Crippen molar-refractivity contribution in [2.24, 2.45) is 7.05 Å². The number of imidazole rings is 1. The summed E-state index contributed by atoms with van der Waals surface area (Å²) in [4.78, 5) is 16.9. The largest absolute Gasteiger partial charge is 0.348 e. The normalized spacial score (nSPS) is 13.5. The molecule has 1 aliphatic carbocycles. The minimum absolute atomic E-state index is 0.114. The lowest BCUT2D eigenvalue weighted by Gasteiger charge is -2.06. The van der Waals surface area contributed by atoms with Gasteiger partial charge in [0.05, 0.1) is 6.20 Å². The molecule has 0 bridgehead atoms. The molecule has 3 heterocycles. The molecule has 0 saturated heterocycles. The molecule has 0 unspecified atom stereocenters. The van der Waals surface area contributed by atoms with Gasteiger partial charge in [0.25, 0.3) is 5.91 Å². The molecule has 0 saturated carbocycles. The second kappa shape index (κ2) is 4.98. The summed E-state index contributed by atoms with van der Waals surface area (Å²) in [6.07, 6.45) is 10.5. The summed E-state index contributed by atoms with van der Waals surface area (Å²) in [6, 6.07) is 2.16. The fourth-order valence-corrected chi connectivity index (χ4v) is 3.06. The Balaban J connectivity index is 1.51. The maximum atomic E-state index is 12.4. The zero-order chi connectivity index (χ0) is 15.1. The van der Waals surface area contributed by atoms with E-state index in [0.717, 1.165) is 24.1 Å². The van der Waals surface area contributed by atoms with Crippen LogP contribution in [0.1, 0.15) is 33.6 Å². The van der Waals surface area contributed by atoms with Crippen molar-refractivity contribution in [1.29, 1.82) is 0 Å². The predicted molar refractivity (Wildman–Crippen MR) is 81.6 cm³/mol. The van der Waals surface area contributed by atoms with E-state index in [4.69, 9.17) is 0 Å². The molecule has 0 atom stereocenters. The second-order valence-electron chi connectivity index (χ2n) is 5.72. The Morgan fingerprint density at radius 1 is 1.32 bits per heavy atom. The van der Waals surface area contributed by atoms with E-state index in [9.17, 15) is 4.79 Å². The molecule has 1 aliphatic rings. The second-order valence-corrected chi connectivity index (χ2v) is 5.72. The molecule has 0 aromatic carbocycles. The number of rotatable bonds is 3. The zero-order valence-corrected chi connectivity index (χ0v) is 12.4. The SMILES string of the molecule is Cn1ccn2ncc(C(=O)NCc3cnc4c(c3)CCC4)c12. The topological polar surface area (TPSA) is 64.2 Å². The van der Waals surface area contributed by atoms with Gasteiger partial charge >= 0.3 is 0 Å². The van der Waals surface area contributed by atoms with Gasteiger partial charge in [0, 0.05) is 37.9 Å².